The first-order valence-electron chi connectivity index (χ1n) is 3.24. The number of hydrogen-bond donors (Lipinski definition) is 0. The van der Waals surface area contributed by atoms with Gasteiger partial charge in [-0.05, 0) is 12.1 Å². The smallest absolute Gasteiger partial charge is 0.739 e. The molecule has 0 radical (unpaired) electrons. The Labute approximate surface area is 109 Å². The zero-order valence-corrected chi connectivity index (χ0v) is 11.0. The van der Waals surface area contributed by atoms with Crippen LogP contribution in [-0.4, -0.2) is 14.7 Å². The largest absolute Gasteiger partial charge is 1.00 e. The molecule has 0 fully saturated rings. The summed E-state index contributed by atoms with van der Waals surface area (Å²) < 4.78 is 24.7. The normalized spacial score (nSPS) is 13.5. The molecule has 0 heterocycles. The first-order valence-corrected chi connectivity index (χ1v) is 5.57. The van der Waals surface area contributed by atoms with Gasteiger partial charge in [0.25, 0.3) is 0 Å². The van der Waals surface area contributed by atoms with Crippen LogP contribution in [0.4, 0.5) is 0 Å². The van der Waals surface area contributed by atoms with Crippen molar-refractivity contribution in [1.82, 2.24) is 0 Å². The van der Waals surface area contributed by atoms with Crippen molar-refractivity contribution in [3.05, 3.63) is 35.9 Å². The molecule has 7 heteroatoms. The molecule has 1 aromatic carbocycles. The van der Waals surface area contributed by atoms with Crippen molar-refractivity contribution >= 4 is 26.2 Å². The SMILES string of the molecule is O=C(OS(=O)([O-])=S)c1ccccc1.[Na+]. The summed E-state index contributed by atoms with van der Waals surface area (Å²) in [6.45, 7) is 0. The van der Waals surface area contributed by atoms with E-state index < -0.39 is 15.0 Å². The Morgan fingerprint density at radius 1 is 1.36 bits per heavy atom. The van der Waals surface area contributed by atoms with Crippen LogP contribution in [0, 0.1) is 0 Å². The van der Waals surface area contributed by atoms with Crippen molar-refractivity contribution in [1.29, 1.82) is 0 Å². The van der Waals surface area contributed by atoms with Crippen LogP contribution in [0.5, 0.6) is 0 Å². The minimum absolute atomic E-state index is 0. The number of carbonyl (C=O) groups excluding carboxylic acids is 1. The molecule has 1 rings (SSSR count). The van der Waals surface area contributed by atoms with E-state index in [9.17, 15) is 13.6 Å². The quantitative estimate of drug-likeness (QED) is 0.541. The van der Waals surface area contributed by atoms with Gasteiger partial charge < -0.3 is 8.74 Å². The summed E-state index contributed by atoms with van der Waals surface area (Å²) in [6.07, 6.45) is 0. The summed E-state index contributed by atoms with van der Waals surface area (Å²) in [5.74, 6) is -0.962. The molecule has 0 spiro atoms. The van der Waals surface area contributed by atoms with E-state index in [1.165, 1.54) is 12.1 Å². The third-order valence-corrected chi connectivity index (χ3v) is 1.75. The molecular formula is C7H5NaO4S2. The summed E-state index contributed by atoms with van der Waals surface area (Å²) >= 11 is 3.89. The van der Waals surface area contributed by atoms with Gasteiger partial charge in [0.1, 0.15) is 9.05 Å². The molecule has 0 aliphatic heterocycles. The van der Waals surface area contributed by atoms with Gasteiger partial charge in [-0.15, -0.1) is 0 Å². The molecule has 1 atom stereocenters. The molecule has 0 bridgehead atoms. The molecule has 1 unspecified atom stereocenters. The van der Waals surface area contributed by atoms with E-state index in [2.05, 4.69) is 15.4 Å². The van der Waals surface area contributed by atoms with E-state index in [1.54, 1.807) is 18.2 Å². The summed E-state index contributed by atoms with van der Waals surface area (Å²) in [4.78, 5) is 11.0. The van der Waals surface area contributed by atoms with Crippen LogP contribution in [0.1, 0.15) is 10.4 Å². The van der Waals surface area contributed by atoms with Crippen molar-refractivity contribution in [2.24, 2.45) is 0 Å². The molecule has 4 nitrogen and oxygen atoms in total. The summed E-state index contributed by atoms with van der Waals surface area (Å²) in [5, 5.41) is 0. The molecule has 70 valence electrons. The van der Waals surface area contributed by atoms with Gasteiger partial charge in [-0.1, -0.05) is 18.2 Å². The van der Waals surface area contributed by atoms with E-state index in [4.69, 9.17) is 0 Å². The molecule has 0 aliphatic rings. The predicted octanol–water partition coefficient (Wildman–Crippen LogP) is -2.36. The van der Waals surface area contributed by atoms with Crippen molar-refractivity contribution in [3.63, 3.8) is 0 Å². The van der Waals surface area contributed by atoms with Crippen molar-refractivity contribution in [2.45, 2.75) is 0 Å². The molecule has 14 heavy (non-hydrogen) atoms. The van der Waals surface area contributed by atoms with Crippen molar-refractivity contribution in [2.75, 3.05) is 0 Å². The van der Waals surface area contributed by atoms with Crippen LogP contribution in [0.15, 0.2) is 30.3 Å². The fourth-order valence-electron chi connectivity index (χ4n) is 0.715. The Morgan fingerprint density at radius 3 is 2.29 bits per heavy atom. The second-order valence-corrected chi connectivity index (χ2v) is 4.35. The molecule has 1 aromatic rings. The second kappa shape index (κ2) is 5.79. The number of carbonyl (C=O) groups is 1. The van der Waals surface area contributed by atoms with Gasteiger partial charge in [0.2, 0.25) is 0 Å². The predicted molar refractivity (Wildman–Crippen MR) is 48.1 cm³/mol. The third-order valence-electron chi connectivity index (χ3n) is 1.19. The second-order valence-electron chi connectivity index (χ2n) is 2.15. The van der Waals surface area contributed by atoms with E-state index >= 15 is 0 Å². The number of benzene rings is 1. The van der Waals surface area contributed by atoms with E-state index in [0.717, 1.165) is 0 Å². The van der Waals surface area contributed by atoms with Crippen molar-refractivity contribution < 1.29 is 47.3 Å². The topological polar surface area (TPSA) is 66.4 Å². The van der Waals surface area contributed by atoms with Gasteiger partial charge in [-0.3, -0.25) is 0 Å². The van der Waals surface area contributed by atoms with E-state index in [-0.39, 0.29) is 35.1 Å². The maximum Gasteiger partial charge on any atom is 1.00 e. The number of rotatable bonds is 2. The van der Waals surface area contributed by atoms with Crippen LogP contribution in [0.3, 0.4) is 0 Å². The van der Waals surface area contributed by atoms with Crippen LogP contribution in [0.2, 0.25) is 0 Å². The van der Waals surface area contributed by atoms with Gasteiger partial charge in [0, 0.05) is 11.2 Å². The fraction of sp³-hybridized carbons (Fsp3) is 0. The van der Waals surface area contributed by atoms with Gasteiger partial charge >= 0.3 is 35.5 Å². The van der Waals surface area contributed by atoms with Gasteiger partial charge in [-0.25, -0.2) is 9.00 Å². The van der Waals surface area contributed by atoms with Gasteiger partial charge in [-0.2, -0.15) is 0 Å². The molecule has 0 saturated carbocycles. The number of hydrogen-bond acceptors (Lipinski definition) is 5. The Morgan fingerprint density at radius 2 is 1.86 bits per heavy atom. The fourth-order valence-corrected chi connectivity index (χ4v) is 1.18. The summed E-state index contributed by atoms with van der Waals surface area (Å²) in [5.41, 5.74) is 0.149. The molecule has 0 aromatic heterocycles. The monoisotopic (exact) mass is 240 g/mol. The minimum atomic E-state index is -4.14. The maximum atomic E-state index is 11.0. The zero-order chi connectivity index (χ0) is 9.90. The van der Waals surface area contributed by atoms with E-state index in [1.807, 2.05) is 0 Å². The molecule has 0 aliphatic carbocycles. The van der Waals surface area contributed by atoms with Crippen LogP contribution in [0.25, 0.3) is 0 Å². The molecule has 0 saturated heterocycles. The van der Waals surface area contributed by atoms with Crippen molar-refractivity contribution in [3.8, 4) is 0 Å². The summed E-state index contributed by atoms with van der Waals surface area (Å²) in [6, 6.07) is 7.74. The molecular weight excluding hydrogens is 235 g/mol. The zero-order valence-electron chi connectivity index (χ0n) is 7.34. The molecule has 0 amide bonds. The Kier molecular flexibility index (Phi) is 5.80. The third kappa shape index (κ3) is 5.04. The Hall–Kier alpha value is 0.0200. The van der Waals surface area contributed by atoms with Crippen LogP contribution < -0.4 is 29.6 Å². The Balaban J connectivity index is 0.00000169. The van der Waals surface area contributed by atoms with Gasteiger partial charge in [0.05, 0.1) is 5.56 Å². The first-order chi connectivity index (χ1) is 5.99. The average Bonchev–Trinajstić information content (AvgIpc) is 2.03. The minimum Gasteiger partial charge on any atom is -0.739 e. The Bertz CT molecular complexity index is 401. The van der Waals surface area contributed by atoms with Crippen LogP contribution in [-0.2, 0) is 24.4 Å². The standard InChI is InChI=1S/C7H6O4S2.Na/c8-7(11-13(9,10)12)6-4-2-1-3-5-6;/h1-5H,(H,9,10,12);/q;+1/p-1. The molecule has 0 N–H and O–H groups in total. The van der Waals surface area contributed by atoms with E-state index in [0.29, 0.717) is 0 Å². The van der Waals surface area contributed by atoms with Gasteiger partial charge in [0.15, 0.2) is 0 Å². The maximum absolute atomic E-state index is 11.0. The average molecular weight is 240 g/mol. The first kappa shape index (κ1) is 14.0. The summed E-state index contributed by atoms with van der Waals surface area (Å²) in [7, 11) is -4.14. The van der Waals surface area contributed by atoms with Crippen LogP contribution >= 0.6 is 0 Å².